The number of carbonyl (C=O) groups is 1. The van der Waals surface area contributed by atoms with Crippen LogP contribution in [0.2, 0.25) is 0 Å². The predicted molar refractivity (Wildman–Crippen MR) is 103 cm³/mol. The summed E-state index contributed by atoms with van der Waals surface area (Å²) in [6.45, 7) is 2.36. The number of benzene rings is 1. The van der Waals surface area contributed by atoms with Gasteiger partial charge < -0.3 is 9.47 Å². The van der Waals surface area contributed by atoms with Crippen molar-refractivity contribution >= 4 is 16.8 Å². The van der Waals surface area contributed by atoms with Gasteiger partial charge in [0, 0.05) is 35.3 Å². The molecule has 2 aromatic heterocycles. The monoisotopic (exact) mass is 382 g/mol. The fourth-order valence-corrected chi connectivity index (χ4v) is 2.83. The number of unbranched alkanes of at least 4 members (excludes halogenated alkanes) is 1. The van der Waals surface area contributed by atoms with Crippen molar-refractivity contribution in [3.8, 4) is 22.8 Å². The Hall–Kier alpha value is -3.26. The lowest BCUT2D eigenvalue weighted by atomic mass is 10.0. The molecule has 0 spiro atoms. The molecule has 3 rings (SSSR count). The molecule has 2 N–H and O–H groups in total. The van der Waals surface area contributed by atoms with Crippen LogP contribution < -0.4 is 15.0 Å². The van der Waals surface area contributed by atoms with Crippen LogP contribution in [-0.4, -0.2) is 39.8 Å². The largest absolute Gasteiger partial charge is 0.491 e. The summed E-state index contributed by atoms with van der Waals surface area (Å²) >= 11 is 0. The van der Waals surface area contributed by atoms with Gasteiger partial charge in [-0.3, -0.25) is 10.0 Å². The molecule has 0 atom stereocenters. The number of nitrogens with zero attached hydrogens (tertiary/aromatic N) is 3. The molecular weight excluding hydrogens is 360 g/mol. The second kappa shape index (κ2) is 9.09. The van der Waals surface area contributed by atoms with E-state index in [9.17, 15) is 4.79 Å². The molecule has 8 nitrogen and oxygen atoms in total. The second-order valence-corrected chi connectivity index (χ2v) is 6.26. The quantitative estimate of drug-likeness (QED) is 0.350. The molecule has 1 aromatic carbocycles. The fraction of sp³-hybridized carbons (Fsp3) is 0.300. The molecule has 8 heteroatoms. The van der Waals surface area contributed by atoms with Crippen LogP contribution >= 0.6 is 0 Å². The zero-order valence-corrected chi connectivity index (χ0v) is 15.8. The summed E-state index contributed by atoms with van der Waals surface area (Å²) in [6.07, 6.45) is 4.80. The molecule has 0 unspecified atom stereocenters. The minimum absolute atomic E-state index is 0.249. The van der Waals surface area contributed by atoms with Gasteiger partial charge in [-0.15, -0.1) is 0 Å². The maximum absolute atomic E-state index is 11.1. The molecule has 0 aliphatic rings. The van der Waals surface area contributed by atoms with Crippen LogP contribution in [0.1, 0.15) is 25.0 Å². The molecule has 0 saturated heterocycles. The highest BCUT2D eigenvalue weighted by atomic mass is 16.5. The van der Waals surface area contributed by atoms with E-state index < -0.39 is 5.91 Å². The van der Waals surface area contributed by atoms with E-state index in [-0.39, 0.29) is 6.42 Å². The maximum atomic E-state index is 11.1. The number of pyridine rings is 1. The lowest BCUT2D eigenvalue weighted by molar-refractivity contribution is -0.129. The van der Waals surface area contributed by atoms with Crippen LogP contribution in [0.3, 0.4) is 0 Å². The van der Waals surface area contributed by atoms with Crippen molar-refractivity contribution in [2.45, 2.75) is 26.2 Å². The van der Waals surface area contributed by atoms with Gasteiger partial charge in [-0.25, -0.2) is 20.4 Å². The van der Waals surface area contributed by atoms with Crippen molar-refractivity contribution in [1.29, 1.82) is 0 Å². The molecule has 146 valence electrons. The van der Waals surface area contributed by atoms with Crippen molar-refractivity contribution in [2.24, 2.45) is 0 Å². The third-order valence-corrected chi connectivity index (χ3v) is 4.36. The number of rotatable bonds is 8. The molecule has 28 heavy (non-hydrogen) atoms. The van der Waals surface area contributed by atoms with Crippen LogP contribution in [0.5, 0.6) is 11.6 Å². The zero-order chi connectivity index (χ0) is 19.9. The Balaban J connectivity index is 1.85. The zero-order valence-electron chi connectivity index (χ0n) is 15.8. The van der Waals surface area contributed by atoms with Crippen LogP contribution in [0.4, 0.5) is 0 Å². The van der Waals surface area contributed by atoms with Gasteiger partial charge >= 0.3 is 0 Å². The summed E-state index contributed by atoms with van der Waals surface area (Å²) in [6, 6.07) is 7.69. The van der Waals surface area contributed by atoms with Gasteiger partial charge in [0.15, 0.2) is 0 Å². The second-order valence-electron chi connectivity index (χ2n) is 6.26. The Morgan fingerprint density at radius 2 is 2.00 bits per heavy atom. The lowest BCUT2D eigenvalue weighted by Crippen LogP contribution is -2.18. The number of nitrogens with one attached hydrogen (secondary N) is 1. The smallest absolute Gasteiger partial charge is 0.243 e. The van der Waals surface area contributed by atoms with E-state index in [4.69, 9.17) is 14.7 Å². The molecule has 0 radical (unpaired) electrons. The Bertz CT molecular complexity index is 960. The summed E-state index contributed by atoms with van der Waals surface area (Å²) in [5.74, 6) is 0.802. The fourth-order valence-electron chi connectivity index (χ4n) is 2.83. The van der Waals surface area contributed by atoms with E-state index in [1.165, 1.54) is 6.33 Å². The summed E-state index contributed by atoms with van der Waals surface area (Å²) in [7, 11) is 1.58. The molecule has 0 aliphatic heterocycles. The molecule has 0 aliphatic carbocycles. The summed E-state index contributed by atoms with van der Waals surface area (Å²) < 4.78 is 11.1. The molecule has 0 saturated carbocycles. The normalized spacial score (nSPS) is 10.7. The number of aryl methyl sites for hydroxylation is 1. The van der Waals surface area contributed by atoms with E-state index in [0.717, 1.165) is 27.7 Å². The van der Waals surface area contributed by atoms with E-state index >= 15 is 0 Å². The number of hydrogen-bond acceptors (Lipinski definition) is 7. The number of aromatic nitrogens is 3. The average Bonchev–Trinajstić information content (AvgIpc) is 2.73. The first-order valence-electron chi connectivity index (χ1n) is 8.94. The highest BCUT2D eigenvalue weighted by Crippen LogP contribution is 2.32. The van der Waals surface area contributed by atoms with Crippen LogP contribution in [0.15, 0.2) is 36.8 Å². The number of amides is 1. The van der Waals surface area contributed by atoms with E-state index in [1.54, 1.807) is 24.9 Å². The minimum Gasteiger partial charge on any atom is -0.491 e. The Morgan fingerprint density at radius 1 is 1.14 bits per heavy atom. The predicted octanol–water partition coefficient (Wildman–Crippen LogP) is 3.06. The molecule has 0 fully saturated rings. The lowest BCUT2D eigenvalue weighted by Gasteiger charge is -2.12. The first-order chi connectivity index (χ1) is 13.6. The molecule has 3 aromatic rings. The Kier molecular flexibility index (Phi) is 6.33. The number of fused-ring (bicyclic) bond motifs is 1. The number of carbonyl (C=O) groups excluding carboxylic acids is 1. The van der Waals surface area contributed by atoms with Crippen LogP contribution in [0.25, 0.3) is 22.0 Å². The topological polar surface area (TPSA) is 106 Å². The van der Waals surface area contributed by atoms with Gasteiger partial charge in [-0.05, 0) is 43.5 Å². The standard InChI is InChI=1S/C20H22N4O4/c1-13-16-9-15(14-6-7-19(27-2)21-11-14)10-17(20(16)23-12-22-13)28-8-4-3-5-18(25)24-26/h6-7,9-12,26H,3-5,8H2,1-2H3,(H,24,25). The van der Waals surface area contributed by atoms with Crippen molar-refractivity contribution < 1.29 is 19.5 Å². The Labute approximate surface area is 162 Å². The van der Waals surface area contributed by atoms with Crippen molar-refractivity contribution in [2.75, 3.05) is 13.7 Å². The Morgan fingerprint density at radius 3 is 2.71 bits per heavy atom. The highest BCUT2D eigenvalue weighted by Gasteiger charge is 2.11. The van der Waals surface area contributed by atoms with Gasteiger partial charge in [0.25, 0.3) is 0 Å². The van der Waals surface area contributed by atoms with Crippen molar-refractivity contribution in [1.82, 2.24) is 20.4 Å². The molecular formula is C20H22N4O4. The number of ether oxygens (including phenoxy) is 2. The van der Waals surface area contributed by atoms with Gasteiger partial charge in [0.1, 0.15) is 17.6 Å². The van der Waals surface area contributed by atoms with E-state index in [2.05, 4.69) is 15.0 Å². The average molecular weight is 382 g/mol. The van der Waals surface area contributed by atoms with Crippen molar-refractivity contribution in [3.63, 3.8) is 0 Å². The molecule has 0 bridgehead atoms. The highest BCUT2D eigenvalue weighted by molar-refractivity contribution is 5.91. The van der Waals surface area contributed by atoms with Crippen molar-refractivity contribution in [3.05, 3.63) is 42.5 Å². The van der Waals surface area contributed by atoms with Crippen LogP contribution in [0, 0.1) is 6.92 Å². The molecule has 2 heterocycles. The van der Waals surface area contributed by atoms with E-state index in [1.807, 2.05) is 25.1 Å². The SMILES string of the molecule is COc1ccc(-c2cc(OCCCCC(=O)NO)c3ncnc(C)c3c2)cn1. The van der Waals surface area contributed by atoms with Gasteiger partial charge in [-0.2, -0.15) is 0 Å². The maximum Gasteiger partial charge on any atom is 0.243 e. The van der Waals surface area contributed by atoms with E-state index in [0.29, 0.717) is 31.1 Å². The molecule has 1 amide bonds. The number of hydrogen-bond donors (Lipinski definition) is 2. The minimum atomic E-state index is -0.400. The van der Waals surface area contributed by atoms with Gasteiger partial charge in [0.2, 0.25) is 11.8 Å². The summed E-state index contributed by atoms with van der Waals surface area (Å²) in [4.78, 5) is 24.0. The number of hydroxylamine groups is 1. The third-order valence-electron chi connectivity index (χ3n) is 4.36. The van der Waals surface area contributed by atoms with Gasteiger partial charge in [0.05, 0.1) is 13.7 Å². The first-order valence-corrected chi connectivity index (χ1v) is 8.94. The van der Waals surface area contributed by atoms with Crippen LogP contribution in [-0.2, 0) is 4.79 Å². The first kappa shape index (κ1) is 19.5. The van der Waals surface area contributed by atoms with Gasteiger partial charge in [-0.1, -0.05) is 0 Å². The number of methoxy groups -OCH3 is 1. The summed E-state index contributed by atoms with van der Waals surface area (Å²) in [5.41, 5.74) is 5.09. The summed E-state index contributed by atoms with van der Waals surface area (Å²) in [5, 5.41) is 9.44. The third kappa shape index (κ3) is 4.52.